The highest BCUT2D eigenvalue weighted by atomic mass is 32.7. The number of imidazole rings is 4. The number of alkyl halides is 2. The van der Waals surface area contributed by atoms with E-state index in [1.807, 2.05) is 33.9 Å². The van der Waals surface area contributed by atoms with Crippen molar-refractivity contribution < 1.29 is 102 Å². The zero-order valence-corrected chi connectivity index (χ0v) is 56.9. The Hall–Kier alpha value is -5.91. The standard InChI is InChI=1S/C26H37FN10O11P2SSi.C20H23FN10O11P2S/c1-26(2,3)52(4,5)48-17-12-6-42-49(39,40)46-16-11(44-23(13(16)27)36-9-32-14-19(28)30-8-31-20(14)36)7-43-50(41,51)47-18(17)24(45-12)37-10-33-15-21(37)34-25(29)35-22(15)38;21-8-12-7(40-18(8)30-4-26-9-14(22)24-3-25-15(9)30)2-38-44(36,45)42-13-11(32)6(1-37-43(34,35)41-12)39-19(13)31-5-27-10-16(31)28-20(23)29-17(10)33/h8-13,16-18,23-24H,6-7H2,1-5H3,(H,39,40)(H,41,51)(H2,28,30,31)(H3,29,34,35,38);3-8,11-13,18-19,32H,1-2H2,(H,34,35)(H,36,45)(H2,22,24,25)(H3,23,28,29,33)/t11-,12-,13-,16-,17-,18-,23-,24-,50?;6-,7-,8-,11-,12-,13-,18-,19-,44?/m11/s1. The lowest BCUT2D eigenvalue weighted by Crippen LogP contribution is -2.50. The molecule has 0 saturated carbocycles. The van der Waals surface area contributed by atoms with E-state index >= 15 is 8.78 Å². The number of rotatable bonds is 6. The number of fused-ring (bicyclic) bond motifs is 10. The van der Waals surface area contributed by atoms with Crippen molar-refractivity contribution in [2.45, 2.75) is 137 Å². The molecule has 526 valence electrons. The molecule has 4 bridgehead atoms. The summed E-state index contributed by atoms with van der Waals surface area (Å²) >= 11 is 9.47. The van der Waals surface area contributed by atoms with Crippen LogP contribution in [-0.4, -0.2) is 206 Å². The zero-order chi connectivity index (χ0) is 69.4. The first kappa shape index (κ1) is 69.6. The summed E-state index contributed by atoms with van der Waals surface area (Å²) in [7, 11) is -12.9. The molecule has 0 radical (unpaired) electrons. The minimum Gasteiger partial charge on any atom is -0.408 e. The lowest BCUT2D eigenvalue weighted by atomic mass is 10.1. The molecule has 0 aliphatic carbocycles. The molecule has 6 fully saturated rings. The van der Waals surface area contributed by atoms with Crippen LogP contribution < -0.4 is 34.1 Å². The van der Waals surface area contributed by atoms with Crippen molar-refractivity contribution in [2.75, 3.05) is 49.4 Å². The fourth-order valence-electron chi connectivity index (χ4n) is 11.2. The fraction of sp³-hybridized carbons (Fsp3) is 0.565. The molecule has 0 amide bonds. The number of halogens is 2. The molecule has 6 aliphatic rings. The molecule has 14 rings (SSSR count). The van der Waals surface area contributed by atoms with Crippen LogP contribution in [0.15, 0.2) is 47.6 Å². The van der Waals surface area contributed by atoms with E-state index in [2.05, 4.69) is 72.1 Å². The molecule has 51 heteroatoms. The first-order valence-corrected chi connectivity index (χ1v) is 39.9. The summed E-state index contributed by atoms with van der Waals surface area (Å²) in [5.74, 6) is -0.423. The number of nitrogen functional groups attached to an aromatic ring is 4. The van der Waals surface area contributed by atoms with Crippen LogP contribution >= 0.6 is 41.4 Å². The van der Waals surface area contributed by atoms with Gasteiger partial charge in [-0.15, -0.1) is 0 Å². The topological polar surface area (TPSA) is 571 Å². The lowest BCUT2D eigenvalue weighted by molar-refractivity contribution is -0.0634. The Morgan fingerprint density at radius 2 is 0.990 bits per heavy atom. The average Bonchev–Trinajstić information content (AvgIpc) is 1.63. The molecule has 6 aliphatic heterocycles. The normalized spacial score (nSPS) is 36.2. The second kappa shape index (κ2) is 25.6. The monoisotopic (exact) mass is 1500 g/mol. The molecule has 14 N–H and O–H groups in total. The highest BCUT2D eigenvalue weighted by Gasteiger charge is 2.58. The van der Waals surface area contributed by atoms with Gasteiger partial charge in [0.15, 0.2) is 90.8 Å². The SMILES string of the molecule is CC(C)(C)[Si](C)(C)O[C@H]1[C@H]2OP(O)(=S)OC[C@H]3O[C@@H](n4cnc5c(N)ncnc54)[C@H](F)[C@@H]3OP(=O)(O)OC[C@H]1O[C@H]2n1cnc2c(=O)[nH]c(N)nc21.Nc1nc2c(ncn2[C@@H]2O[C@@H]3COP(=O)(O)O[C@H]4[C@@H](F)[C@H](n5cnc6c(N)ncnc65)O[C@@H]4COP(=O)(S)O[C@@H]2[C@@H]3O)c(=O)[nH]1. The van der Waals surface area contributed by atoms with Crippen LogP contribution in [0.1, 0.15) is 45.7 Å². The maximum absolute atomic E-state index is 16.2. The van der Waals surface area contributed by atoms with Gasteiger partial charge in [-0.2, -0.15) is 9.97 Å². The molecule has 0 spiro atoms. The van der Waals surface area contributed by atoms with Crippen LogP contribution in [0.25, 0.3) is 44.7 Å². The number of nitrogens with zero attached hydrogens (tertiary/aromatic N) is 14. The predicted octanol–water partition coefficient (Wildman–Crippen LogP) is 1.35. The fourth-order valence-corrected chi connectivity index (χ4v) is 17.3. The smallest absolute Gasteiger partial charge is 0.408 e. The van der Waals surface area contributed by atoms with E-state index in [0.717, 1.165) is 19.0 Å². The molecule has 42 nitrogen and oxygen atoms in total. The van der Waals surface area contributed by atoms with Crippen LogP contribution in [-0.2, 0) is 85.1 Å². The summed E-state index contributed by atoms with van der Waals surface area (Å²) in [5.41, 5.74) is 22.1. The van der Waals surface area contributed by atoms with Crippen LogP contribution in [0.2, 0.25) is 18.1 Å². The number of aromatic amines is 2. The average molecular weight is 1500 g/mol. The second-order valence-corrected chi connectivity index (χ2v) is 37.3. The summed E-state index contributed by atoms with van der Waals surface area (Å²) in [5, 5.41) is 10.7. The zero-order valence-electron chi connectivity index (χ0n) is 50.6. The third-order valence-electron chi connectivity index (χ3n) is 16.8. The molecule has 97 heavy (non-hydrogen) atoms. The van der Waals surface area contributed by atoms with Gasteiger partial charge in [0, 0.05) is 0 Å². The number of phosphoric acid groups is 2. The van der Waals surface area contributed by atoms with E-state index < -0.39 is 173 Å². The molecule has 20 atom stereocenters. The molecule has 4 unspecified atom stereocenters. The summed E-state index contributed by atoms with van der Waals surface area (Å²) in [6.45, 7) is -1.80. The van der Waals surface area contributed by atoms with Crippen molar-refractivity contribution in [2.24, 2.45) is 0 Å². The quantitative estimate of drug-likeness (QED) is 0.0636. The van der Waals surface area contributed by atoms with Crippen LogP contribution in [0.4, 0.5) is 32.3 Å². The van der Waals surface area contributed by atoms with Gasteiger partial charge >= 0.3 is 29.2 Å². The summed E-state index contributed by atoms with van der Waals surface area (Å²) in [4.78, 5) is 103. The number of ether oxygens (including phenoxy) is 4. The Balaban J connectivity index is 0.000000177. The van der Waals surface area contributed by atoms with Gasteiger partial charge in [-0.1, -0.05) is 33.0 Å². The minimum atomic E-state index is -5.11. The van der Waals surface area contributed by atoms with Gasteiger partial charge in [-0.3, -0.25) is 69.5 Å². The Labute approximate surface area is 552 Å². The van der Waals surface area contributed by atoms with E-state index in [1.165, 1.54) is 37.3 Å². The van der Waals surface area contributed by atoms with Gasteiger partial charge in [-0.05, 0) is 29.9 Å². The van der Waals surface area contributed by atoms with E-state index in [0.29, 0.717) is 0 Å². The van der Waals surface area contributed by atoms with E-state index in [1.54, 1.807) is 0 Å². The molecule has 0 aromatic carbocycles. The van der Waals surface area contributed by atoms with Gasteiger partial charge in [-0.25, -0.2) is 62.3 Å². The van der Waals surface area contributed by atoms with Crippen LogP contribution in [0, 0.1) is 0 Å². The maximum Gasteiger partial charge on any atom is 0.472 e. The Morgan fingerprint density at radius 1 is 0.577 bits per heavy atom. The lowest BCUT2D eigenvalue weighted by Gasteiger charge is -2.40. The number of phosphoric ester groups is 2. The molecule has 6 saturated heterocycles. The van der Waals surface area contributed by atoms with Crippen molar-refractivity contribution in [1.82, 2.24) is 78.1 Å². The Bertz CT molecular complexity index is 4690. The number of nitrogens with one attached hydrogen (secondary N) is 2. The van der Waals surface area contributed by atoms with Crippen LogP contribution in [0.3, 0.4) is 0 Å². The van der Waals surface area contributed by atoms with Gasteiger partial charge in [0.2, 0.25) is 11.9 Å². The first-order chi connectivity index (χ1) is 45.6. The van der Waals surface area contributed by atoms with Gasteiger partial charge in [0.25, 0.3) is 11.1 Å². The van der Waals surface area contributed by atoms with E-state index in [4.69, 9.17) is 94.3 Å². The molecule has 8 aromatic heterocycles. The van der Waals surface area contributed by atoms with Crippen molar-refractivity contribution >= 4 is 130 Å². The van der Waals surface area contributed by atoms with Crippen molar-refractivity contribution in [3.8, 4) is 0 Å². The number of H-pyrrole nitrogens is 2. The van der Waals surface area contributed by atoms with Gasteiger partial charge < -0.3 is 70.6 Å². The second-order valence-electron chi connectivity index (χ2n) is 24.0. The number of anilines is 4. The number of hydrogen-bond acceptors (Lipinski definition) is 34. The van der Waals surface area contributed by atoms with E-state index in [-0.39, 0.29) is 73.2 Å². The third kappa shape index (κ3) is 13.4. The summed E-state index contributed by atoms with van der Waals surface area (Å²) in [6.07, 6.45) is -17.8. The highest BCUT2D eigenvalue weighted by Crippen LogP contribution is 2.60. The van der Waals surface area contributed by atoms with Crippen molar-refractivity contribution in [3.05, 3.63) is 58.7 Å². The summed E-state index contributed by atoms with van der Waals surface area (Å²) in [6, 6.07) is 0. The largest absolute Gasteiger partial charge is 0.472 e. The van der Waals surface area contributed by atoms with Crippen molar-refractivity contribution in [1.29, 1.82) is 0 Å². The Morgan fingerprint density at radius 3 is 1.47 bits per heavy atom. The summed E-state index contributed by atoms with van der Waals surface area (Å²) < 4.78 is 152. The third-order valence-corrected chi connectivity index (χ3v) is 26.4. The molecular weight excluding hydrogens is 1440 g/mol. The highest BCUT2D eigenvalue weighted by molar-refractivity contribution is 8.44. The maximum atomic E-state index is 16.2. The van der Waals surface area contributed by atoms with Crippen LogP contribution in [0.5, 0.6) is 0 Å². The molecule has 14 heterocycles. The molecular formula is C46H60F2N20O22P4S2Si. The van der Waals surface area contributed by atoms with E-state index in [9.17, 15) is 43.1 Å². The Kier molecular flexibility index (Phi) is 18.4. The van der Waals surface area contributed by atoms with Crippen molar-refractivity contribution in [3.63, 3.8) is 0 Å². The van der Waals surface area contributed by atoms with Gasteiger partial charge in [0.05, 0.1) is 51.7 Å². The first-order valence-electron chi connectivity index (χ1n) is 28.8. The predicted molar refractivity (Wildman–Crippen MR) is 334 cm³/mol. The van der Waals surface area contributed by atoms with Gasteiger partial charge in [0.1, 0.15) is 84.7 Å². The number of hydrogen-bond donors (Lipinski definition) is 11. The molecule has 8 aromatic rings. The number of aliphatic hydroxyl groups excluding tert-OH is 1. The minimum absolute atomic E-state index is 0.00165. The number of nitrogens with two attached hydrogens (primary N) is 4. The number of thiol groups is 1. The number of aliphatic hydroxyl groups is 1. The number of aromatic nitrogens is 16.